The molecule has 0 aliphatic heterocycles. The number of anilines is 1. The van der Waals surface area contributed by atoms with Crippen molar-refractivity contribution < 1.29 is 9.90 Å². The van der Waals surface area contributed by atoms with Gasteiger partial charge in [-0.25, -0.2) is 0 Å². The van der Waals surface area contributed by atoms with Gasteiger partial charge in [0.15, 0.2) is 0 Å². The fourth-order valence-electron chi connectivity index (χ4n) is 3.91. The maximum absolute atomic E-state index is 12.5. The molecule has 3 rings (SSSR count). The Balaban J connectivity index is 1.69. The molecule has 0 saturated heterocycles. The van der Waals surface area contributed by atoms with Crippen LogP contribution in [0.4, 0.5) is 5.69 Å². The van der Waals surface area contributed by atoms with Crippen LogP contribution in [0.1, 0.15) is 60.4 Å². The van der Waals surface area contributed by atoms with Gasteiger partial charge in [-0.05, 0) is 42.2 Å². The highest BCUT2D eigenvalue weighted by Crippen LogP contribution is 2.33. The highest BCUT2D eigenvalue weighted by atomic mass is 16.3. The Morgan fingerprint density at radius 1 is 1.08 bits per heavy atom. The highest BCUT2D eigenvalue weighted by molar-refractivity contribution is 5.96. The van der Waals surface area contributed by atoms with Gasteiger partial charge in [0.25, 0.3) is 5.91 Å². The summed E-state index contributed by atoms with van der Waals surface area (Å²) in [4.78, 5) is 12.5. The Kier molecular flexibility index (Phi) is 6.16. The zero-order valence-electron chi connectivity index (χ0n) is 15.2. The average Bonchev–Trinajstić information content (AvgIpc) is 2.67. The topological polar surface area (TPSA) is 75.3 Å². The molecule has 26 heavy (non-hydrogen) atoms. The third-order valence-corrected chi connectivity index (χ3v) is 5.41. The summed E-state index contributed by atoms with van der Waals surface area (Å²) in [6, 6.07) is 14.6. The van der Waals surface area contributed by atoms with E-state index in [-0.39, 0.29) is 17.6 Å². The van der Waals surface area contributed by atoms with Crippen LogP contribution < -0.4 is 11.1 Å². The van der Waals surface area contributed by atoms with Crippen LogP contribution in [0, 0.1) is 5.92 Å². The van der Waals surface area contributed by atoms with Crippen LogP contribution in [0.5, 0.6) is 5.75 Å². The summed E-state index contributed by atoms with van der Waals surface area (Å²) in [6.45, 7) is 0.563. The number of phenols is 1. The number of carbonyl (C=O) groups is 1. The molecule has 4 N–H and O–H groups in total. The quantitative estimate of drug-likeness (QED) is 0.672. The Hall–Kier alpha value is -2.49. The van der Waals surface area contributed by atoms with Crippen molar-refractivity contribution in [1.29, 1.82) is 0 Å². The van der Waals surface area contributed by atoms with Gasteiger partial charge in [0.2, 0.25) is 0 Å². The van der Waals surface area contributed by atoms with E-state index in [2.05, 4.69) is 17.4 Å². The molecule has 1 fully saturated rings. The summed E-state index contributed by atoms with van der Waals surface area (Å²) in [7, 11) is 0. The number of phenolic OH excluding ortho intramolecular Hbond substituents is 1. The molecule has 1 aliphatic carbocycles. The normalized spacial score (nSPS) is 16.2. The molecule has 0 spiro atoms. The van der Waals surface area contributed by atoms with Crippen LogP contribution in [0.15, 0.2) is 48.5 Å². The molecule has 1 atom stereocenters. The fraction of sp³-hybridized carbons (Fsp3) is 0.409. The van der Waals surface area contributed by atoms with Crippen LogP contribution >= 0.6 is 0 Å². The van der Waals surface area contributed by atoms with Crippen molar-refractivity contribution in [2.24, 2.45) is 5.92 Å². The Bertz CT molecular complexity index is 721. The van der Waals surface area contributed by atoms with Gasteiger partial charge in [0.1, 0.15) is 5.75 Å². The minimum absolute atomic E-state index is 0.0151. The molecule has 1 aliphatic rings. The van der Waals surface area contributed by atoms with Gasteiger partial charge in [-0.2, -0.15) is 0 Å². The minimum Gasteiger partial charge on any atom is -0.507 e. The van der Waals surface area contributed by atoms with Gasteiger partial charge in [-0.15, -0.1) is 0 Å². The number of nitrogens with two attached hydrogens (primary N) is 1. The first-order valence-corrected chi connectivity index (χ1v) is 9.55. The average molecular weight is 352 g/mol. The number of nitrogen functional groups attached to an aromatic ring is 1. The molecule has 0 radical (unpaired) electrons. The van der Waals surface area contributed by atoms with E-state index < -0.39 is 0 Å². The molecule has 0 heterocycles. The first-order chi connectivity index (χ1) is 12.6. The van der Waals surface area contributed by atoms with Crippen molar-refractivity contribution in [2.45, 2.75) is 44.4 Å². The summed E-state index contributed by atoms with van der Waals surface area (Å²) in [5, 5.41) is 12.9. The van der Waals surface area contributed by atoms with Crippen molar-refractivity contribution >= 4 is 11.6 Å². The number of amides is 1. The largest absolute Gasteiger partial charge is 0.507 e. The van der Waals surface area contributed by atoms with Crippen LogP contribution in [0.25, 0.3) is 0 Å². The van der Waals surface area contributed by atoms with Gasteiger partial charge in [-0.1, -0.05) is 56.4 Å². The van der Waals surface area contributed by atoms with Gasteiger partial charge in [-0.3, -0.25) is 4.79 Å². The number of nitrogens with one attached hydrogen (secondary N) is 1. The molecule has 4 heteroatoms. The zero-order chi connectivity index (χ0) is 18.4. The van der Waals surface area contributed by atoms with E-state index in [1.54, 1.807) is 18.2 Å². The SMILES string of the molecule is Nc1ccc(C(CNC(=O)c2ccccc2O)CC2CCCCC2)cc1. The molecule has 0 bridgehead atoms. The fourth-order valence-corrected chi connectivity index (χ4v) is 3.91. The molecule has 1 saturated carbocycles. The molecule has 1 unspecified atom stereocenters. The van der Waals surface area contributed by atoms with Gasteiger partial charge >= 0.3 is 0 Å². The second-order valence-electron chi connectivity index (χ2n) is 7.33. The van der Waals surface area contributed by atoms with E-state index >= 15 is 0 Å². The number of hydrogen-bond donors (Lipinski definition) is 3. The zero-order valence-corrected chi connectivity index (χ0v) is 15.2. The first-order valence-electron chi connectivity index (χ1n) is 9.55. The Labute approximate surface area is 155 Å². The Morgan fingerprint density at radius 3 is 2.46 bits per heavy atom. The van der Waals surface area contributed by atoms with Crippen LogP contribution in [0.3, 0.4) is 0 Å². The number of benzene rings is 2. The van der Waals surface area contributed by atoms with Crippen molar-refractivity contribution in [2.75, 3.05) is 12.3 Å². The Morgan fingerprint density at radius 2 is 1.77 bits per heavy atom. The van der Waals surface area contributed by atoms with Crippen molar-refractivity contribution in [1.82, 2.24) is 5.32 Å². The monoisotopic (exact) mass is 352 g/mol. The van der Waals surface area contributed by atoms with Crippen LogP contribution in [-0.2, 0) is 0 Å². The third-order valence-electron chi connectivity index (χ3n) is 5.41. The van der Waals surface area contributed by atoms with Crippen molar-refractivity contribution in [3.05, 3.63) is 59.7 Å². The standard InChI is InChI=1S/C22H28N2O2/c23-19-12-10-17(11-13-19)18(14-16-6-2-1-3-7-16)15-24-22(26)20-8-4-5-9-21(20)25/h4-5,8-13,16,18,25H,1-3,6-7,14-15,23H2,(H,24,26). The molecule has 2 aromatic rings. The van der Waals surface area contributed by atoms with Gasteiger partial charge in [0, 0.05) is 18.2 Å². The number of para-hydroxylation sites is 1. The molecule has 1 amide bonds. The maximum atomic E-state index is 12.5. The molecule has 0 aromatic heterocycles. The van der Waals surface area contributed by atoms with E-state index in [1.807, 2.05) is 12.1 Å². The van der Waals surface area contributed by atoms with E-state index in [9.17, 15) is 9.90 Å². The predicted molar refractivity (Wildman–Crippen MR) is 105 cm³/mol. The summed E-state index contributed by atoms with van der Waals surface area (Å²) in [5.41, 5.74) is 8.11. The van der Waals surface area contributed by atoms with Crippen LogP contribution in [0.2, 0.25) is 0 Å². The third kappa shape index (κ3) is 4.78. The molecule has 2 aromatic carbocycles. The lowest BCUT2D eigenvalue weighted by molar-refractivity contribution is 0.0946. The van der Waals surface area contributed by atoms with Gasteiger partial charge < -0.3 is 16.2 Å². The van der Waals surface area contributed by atoms with Crippen molar-refractivity contribution in [3.8, 4) is 5.75 Å². The molecule has 138 valence electrons. The van der Waals surface area contributed by atoms with Crippen LogP contribution in [-0.4, -0.2) is 17.6 Å². The summed E-state index contributed by atoms with van der Waals surface area (Å²) in [5.74, 6) is 0.760. The number of carbonyl (C=O) groups excluding carboxylic acids is 1. The number of hydrogen-bond acceptors (Lipinski definition) is 3. The second kappa shape index (κ2) is 8.75. The van der Waals surface area contributed by atoms with Crippen molar-refractivity contribution in [3.63, 3.8) is 0 Å². The summed E-state index contributed by atoms with van der Waals surface area (Å²) in [6.07, 6.45) is 7.59. The van der Waals surface area contributed by atoms with Gasteiger partial charge in [0.05, 0.1) is 5.56 Å². The maximum Gasteiger partial charge on any atom is 0.255 e. The lowest BCUT2D eigenvalue weighted by Gasteiger charge is -2.27. The highest BCUT2D eigenvalue weighted by Gasteiger charge is 2.21. The lowest BCUT2D eigenvalue weighted by atomic mass is 9.80. The van der Waals surface area contributed by atoms with E-state index in [0.717, 1.165) is 12.1 Å². The molecule has 4 nitrogen and oxygen atoms in total. The number of aromatic hydroxyl groups is 1. The number of rotatable bonds is 6. The van der Waals surface area contributed by atoms with E-state index in [0.29, 0.717) is 18.0 Å². The molecular weight excluding hydrogens is 324 g/mol. The summed E-state index contributed by atoms with van der Waals surface area (Å²) < 4.78 is 0. The lowest BCUT2D eigenvalue weighted by Crippen LogP contribution is -2.29. The smallest absolute Gasteiger partial charge is 0.255 e. The second-order valence-corrected chi connectivity index (χ2v) is 7.33. The molecular formula is C22H28N2O2. The summed E-state index contributed by atoms with van der Waals surface area (Å²) >= 11 is 0. The van der Waals surface area contributed by atoms with E-state index in [4.69, 9.17) is 5.73 Å². The predicted octanol–water partition coefficient (Wildman–Crippen LogP) is 4.46. The minimum atomic E-state index is -0.229. The first kappa shape index (κ1) is 18.3. The van der Waals surface area contributed by atoms with E-state index in [1.165, 1.54) is 43.7 Å².